The Balaban J connectivity index is 2.35. The zero-order valence-corrected chi connectivity index (χ0v) is 11.9. The summed E-state index contributed by atoms with van der Waals surface area (Å²) in [7, 11) is 1.53. The van der Waals surface area contributed by atoms with Gasteiger partial charge in [-0.15, -0.1) is 11.6 Å². The van der Waals surface area contributed by atoms with Gasteiger partial charge in [-0.25, -0.2) is 9.97 Å². The fourth-order valence-electron chi connectivity index (χ4n) is 1.76. The minimum atomic E-state index is -4.36. The number of ether oxygens (including phenoxy) is 1. The molecule has 0 saturated carbocycles. The van der Waals surface area contributed by atoms with Crippen LogP contribution in [0, 0.1) is 0 Å². The lowest BCUT2D eigenvalue weighted by molar-refractivity contribution is -0.137. The van der Waals surface area contributed by atoms with Gasteiger partial charge < -0.3 is 4.74 Å². The minimum absolute atomic E-state index is 0.242. The van der Waals surface area contributed by atoms with Crippen molar-refractivity contribution in [2.24, 2.45) is 0 Å². The molecule has 2 rings (SSSR count). The summed E-state index contributed by atoms with van der Waals surface area (Å²) in [6.07, 6.45) is -2.80. The van der Waals surface area contributed by atoms with Gasteiger partial charge in [0.15, 0.2) is 5.82 Å². The van der Waals surface area contributed by atoms with Gasteiger partial charge in [0.1, 0.15) is 0 Å². The van der Waals surface area contributed by atoms with Gasteiger partial charge in [0, 0.05) is 24.4 Å². The van der Waals surface area contributed by atoms with Gasteiger partial charge in [0.25, 0.3) is 0 Å². The van der Waals surface area contributed by atoms with Gasteiger partial charge >= 0.3 is 6.18 Å². The molecule has 112 valence electrons. The van der Waals surface area contributed by atoms with Crippen LogP contribution in [0.4, 0.5) is 13.2 Å². The summed E-state index contributed by atoms with van der Waals surface area (Å²) in [5, 5.41) is 0. The standard InChI is InChI=1S/C14H12ClF3N2O/c1-21-8-12-10(6-15)7-19-13(20-12)9-2-4-11(5-3-9)14(16,17)18/h2-5,7H,6,8H2,1H3. The Hall–Kier alpha value is -1.66. The molecule has 0 amide bonds. The maximum atomic E-state index is 12.5. The molecule has 1 heterocycles. The van der Waals surface area contributed by atoms with E-state index in [4.69, 9.17) is 16.3 Å². The molecule has 0 atom stereocenters. The van der Waals surface area contributed by atoms with Crippen molar-refractivity contribution in [3.8, 4) is 11.4 Å². The first-order valence-electron chi connectivity index (χ1n) is 6.03. The van der Waals surface area contributed by atoms with E-state index in [1.165, 1.54) is 19.2 Å². The van der Waals surface area contributed by atoms with Gasteiger partial charge in [-0.05, 0) is 12.1 Å². The van der Waals surface area contributed by atoms with E-state index in [9.17, 15) is 13.2 Å². The molecule has 3 nitrogen and oxygen atoms in total. The first-order valence-corrected chi connectivity index (χ1v) is 6.56. The highest BCUT2D eigenvalue weighted by Crippen LogP contribution is 2.30. The molecule has 0 aliphatic carbocycles. The van der Waals surface area contributed by atoms with Crippen molar-refractivity contribution in [3.05, 3.63) is 47.3 Å². The molecule has 0 aliphatic rings. The zero-order chi connectivity index (χ0) is 15.5. The average molecular weight is 317 g/mol. The highest BCUT2D eigenvalue weighted by Gasteiger charge is 2.30. The van der Waals surface area contributed by atoms with Crippen molar-refractivity contribution in [2.45, 2.75) is 18.7 Å². The summed E-state index contributed by atoms with van der Waals surface area (Å²) in [5.41, 5.74) is 1.15. The topological polar surface area (TPSA) is 35.0 Å². The second-order valence-corrected chi connectivity index (χ2v) is 4.57. The number of hydrogen-bond donors (Lipinski definition) is 0. The van der Waals surface area contributed by atoms with E-state index in [0.717, 1.165) is 17.7 Å². The molecule has 0 bridgehead atoms. The Morgan fingerprint density at radius 3 is 2.38 bits per heavy atom. The smallest absolute Gasteiger partial charge is 0.378 e. The zero-order valence-electron chi connectivity index (χ0n) is 11.1. The molecular formula is C14H12ClF3N2O. The largest absolute Gasteiger partial charge is 0.416 e. The van der Waals surface area contributed by atoms with Crippen molar-refractivity contribution < 1.29 is 17.9 Å². The third-order valence-corrected chi connectivity index (χ3v) is 3.14. The fourth-order valence-corrected chi connectivity index (χ4v) is 1.99. The summed E-state index contributed by atoms with van der Waals surface area (Å²) in [5.74, 6) is 0.580. The highest BCUT2D eigenvalue weighted by atomic mass is 35.5. The Labute approximate surface area is 124 Å². The van der Waals surface area contributed by atoms with Crippen LogP contribution < -0.4 is 0 Å². The van der Waals surface area contributed by atoms with Crippen LogP contribution >= 0.6 is 11.6 Å². The molecule has 0 radical (unpaired) electrons. The van der Waals surface area contributed by atoms with Gasteiger partial charge in [-0.3, -0.25) is 0 Å². The molecule has 1 aromatic heterocycles. The summed E-state index contributed by atoms with van der Waals surface area (Å²) in [6, 6.07) is 4.69. The van der Waals surface area contributed by atoms with E-state index in [2.05, 4.69) is 9.97 Å². The number of benzene rings is 1. The van der Waals surface area contributed by atoms with Crippen LogP contribution in [-0.4, -0.2) is 17.1 Å². The van der Waals surface area contributed by atoms with Crippen LogP contribution in [0.5, 0.6) is 0 Å². The Morgan fingerprint density at radius 2 is 1.86 bits per heavy atom. The first-order chi connectivity index (χ1) is 9.95. The quantitative estimate of drug-likeness (QED) is 0.798. The minimum Gasteiger partial charge on any atom is -0.378 e. The summed E-state index contributed by atoms with van der Waals surface area (Å²) in [4.78, 5) is 8.42. The number of halogens is 4. The number of aromatic nitrogens is 2. The molecule has 0 saturated heterocycles. The normalized spacial score (nSPS) is 11.7. The SMILES string of the molecule is COCc1nc(-c2ccc(C(F)(F)F)cc2)ncc1CCl. The molecular weight excluding hydrogens is 305 g/mol. The molecule has 0 unspecified atom stereocenters. The molecule has 0 aliphatic heterocycles. The van der Waals surface area contributed by atoms with Gasteiger partial charge in [-0.2, -0.15) is 13.2 Å². The summed E-state index contributed by atoms with van der Waals surface area (Å²) >= 11 is 5.78. The van der Waals surface area contributed by atoms with Crippen LogP contribution in [0.25, 0.3) is 11.4 Å². The number of hydrogen-bond acceptors (Lipinski definition) is 3. The first kappa shape index (κ1) is 15.7. The van der Waals surface area contributed by atoms with Gasteiger partial charge in [0.2, 0.25) is 0 Å². The van der Waals surface area contributed by atoms with Crippen molar-refractivity contribution in [1.82, 2.24) is 9.97 Å². The lowest BCUT2D eigenvalue weighted by Crippen LogP contribution is -2.05. The molecule has 0 fully saturated rings. The second kappa shape index (κ2) is 6.41. The lowest BCUT2D eigenvalue weighted by Gasteiger charge is -2.09. The molecule has 1 aromatic carbocycles. The summed E-state index contributed by atoms with van der Waals surface area (Å²) in [6.45, 7) is 0.262. The van der Waals surface area contributed by atoms with Crippen molar-refractivity contribution in [2.75, 3.05) is 7.11 Å². The number of nitrogens with zero attached hydrogens (tertiary/aromatic N) is 2. The van der Waals surface area contributed by atoms with E-state index in [1.54, 1.807) is 6.20 Å². The molecule has 7 heteroatoms. The molecule has 0 spiro atoms. The van der Waals surface area contributed by atoms with E-state index >= 15 is 0 Å². The van der Waals surface area contributed by atoms with Crippen LogP contribution in [-0.2, 0) is 23.4 Å². The average Bonchev–Trinajstić information content (AvgIpc) is 2.47. The number of alkyl halides is 4. The van der Waals surface area contributed by atoms with E-state index < -0.39 is 11.7 Å². The van der Waals surface area contributed by atoms with E-state index in [1.807, 2.05) is 0 Å². The Morgan fingerprint density at radius 1 is 1.19 bits per heavy atom. The molecule has 2 aromatic rings. The summed E-state index contributed by atoms with van der Waals surface area (Å²) < 4.78 is 42.6. The third kappa shape index (κ3) is 3.71. The van der Waals surface area contributed by atoms with Crippen molar-refractivity contribution >= 4 is 11.6 Å². The van der Waals surface area contributed by atoms with Crippen molar-refractivity contribution in [3.63, 3.8) is 0 Å². The third-order valence-electron chi connectivity index (χ3n) is 2.85. The van der Waals surface area contributed by atoms with Crippen LogP contribution in [0.2, 0.25) is 0 Å². The van der Waals surface area contributed by atoms with E-state index in [-0.39, 0.29) is 12.5 Å². The second-order valence-electron chi connectivity index (χ2n) is 4.31. The van der Waals surface area contributed by atoms with Gasteiger partial charge in [0.05, 0.1) is 23.7 Å². The molecule has 21 heavy (non-hydrogen) atoms. The predicted molar refractivity (Wildman–Crippen MR) is 72.7 cm³/mol. The monoisotopic (exact) mass is 316 g/mol. The lowest BCUT2D eigenvalue weighted by atomic mass is 10.1. The van der Waals surface area contributed by atoms with Crippen LogP contribution in [0.1, 0.15) is 16.8 Å². The maximum Gasteiger partial charge on any atom is 0.416 e. The van der Waals surface area contributed by atoms with E-state index in [0.29, 0.717) is 17.1 Å². The highest BCUT2D eigenvalue weighted by molar-refractivity contribution is 6.17. The van der Waals surface area contributed by atoms with Crippen LogP contribution in [0.15, 0.2) is 30.5 Å². The Kier molecular flexibility index (Phi) is 4.80. The van der Waals surface area contributed by atoms with Crippen molar-refractivity contribution in [1.29, 1.82) is 0 Å². The number of rotatable bonds is 4. The predicted octanol–water partition coefficient (Wildman–Crippen LogP) is 4.05. The molecule has 0 N–H and O–H groups in total. The van der Waals surface area contributed by atoms with Crippen LogP contribution in [0.3, 0.4) is 0 Å². The van der Waals surface area contributed by atoms with Gasteiger partial charge in [-0.1, -0.05) is 12.1 Å². The Bertz CT molecular complexity index is 615. The number of methoxy groups -OCH3 is 1. The maximum absolute atomic E-state index is 12.5. The fraction of sp³-hybridized carbons (Fsp3) is 0.286.